The molecule has 0 radical (unpaired) electrons. The molecule has 1 heterocycles. The maximum absolute atomic E-state index is 12.2. The van der Waals surface area contributed by atoms with Crippen molar-refractivity contribution in [3.05, 3.63) is 52.3 Å². The van der Waals surface area contributed by atoms with Crippen LogP contribution in [-0.2, 0) is 0 Å². The highest BCUT2D eigenvalue weighted by atomic mass is 35.5. The Balaban J connectivity index is 1.24. The van der Waals surface area contributed by atoms with Gasteiger partial charge in [-0.25, -0.2) is 0 Å². The fourth-order valence-corrected chi connectivity index (χ4v) is 4.25. The second-order valence-electron chi connectivity index (χ2n) is 7.54. The molecule has 0 saturated heterocycles. The number of halogens is 1. The van der Waals surface area contributed by atoms with Crippen LogP contribution in [-0.4, -0.2) is 28.3 Å². The van der Waals surface area contributed by atoms with Crippen molar-refractivity contribution in [1.29, 1.82) is 5.26 Å². The van der Waals surface area contributed by atoms with Gasteiger partial charge in [0.25, 0.3) is 5.91 Å². The number of nitrogens with one attached hydrogen (secondary N) is 1. The molecule has 1 N–H and O–H groups in total. The highest BCUT2D eigenvalue weighted by Crippen LogP contribution is 2.56. The summed E-state index contributed by atoms with van der Waals surface area (Å²) >= 11 is 6.04. The van der Waals surface area contributed by atoms with Crippen molar-refractivity contribution in [3.8, 4) is 11.8 Å². The maximum Gasteiger partial charge on any atom is 0.272 e. The van der Waals surface area contributed by atoms with E-state index in [4.69, 9.17) is 21.6 Å². The van der Waals surface area contributed by atoms with Gasteiger partial charge in [0.05, 0.1) is 22.4 Å². The lowest BCUT2D eigenvalue weighted by atomic mass is 9.53. The minimum absolute atomic E-state index is 0.161. The first-order valence-corrected chi connectivity index (χ1v) is 9.32. The number of nitrogens with zero attached hydrogens (tertiary/aromatic N) is 3. The van der Waals surface area contributed by atoms with E-state index in [1.165, 1.54) is 0 Å². The molecule has 7 heteroatoms. The third-order valence-electron chi connectivity index (χ3n) is 5.41. The van der Waals surface area contributed by atoms with E-state index in [2.05, 4.69) is 15.5 Å². The average molecular weight is 383 g/mol. The van der Waals surface area contributed by atoms with Gasteiger partial charge in [0.2, 0.25) is 0 Å². The highest BCUT2D eigenvalue weighted by Gasteiger charge is 2.54. The zero-order valence-electron chi connectivity index (χ0n) is 14.9. The molecule has 2 saturated carbocycles. The van der Waals surface area contributed by atoms with Crippen LogP contribution in [0, 0.1) is 23.7 Å². The molecule has 6 nitrogen and oxygen atoms in total. The van der Waals surface area contributed by atoms with Gasteiger partial charge in [0.15, 0.2) is 5.69 Å². The van der Waals surface area contributed by atoms with Gasteiger partial charge in [-0.2, -0.15) is 10.4 Å². The molecule has 27 heavy (non-hydrogen) atoms. The minimum atomic E-state index is -0.165. The van der Waals surface area contributed by atoms with Crippen molar-refractivity contribution < 1.29 is 9.53 Å². The van der Waals surface area contributed by atoms with Gasteiger partial charge in [0.1, 0.15) is 11.8 Å². The number of ether oxygens (including phenoxy) is 1. The van der Waals surface area contributed by atoms with Crippen molar-refractivity contribution in [1.82, 2.24) is 15.5 Å². The van der Waals surface area contributed by atoms with Crippen molar-refractivity contribution in [2.75, 3.05) is 0 Å². The van der Waals surface area contributed by atoms with Crippen LogP contribution in [0.5, 0.6) is 5.75 Å². The predicted octanol–water partition coefficient (Wildman–Crippen LogP) is 3.43. The van der Waals surface area contributed by atoms with Crippen LogP contribution in [0.4, 0.5) is 0 Å². The predicted molar refractivity (Wildman–Crippen MR) is 99.5 cm³/mol. The molecule has 2 fully saturated rings. The van der Waals surface area contributed by atoms with Gasteiger partial charge in [-0.15, -0.1) is 5.10 Å². The molecule has 2 aliphatic carbocycles. The molecular weight excluding hydrogens is 364 g/mol. The maximum atomic E-state index is 12.2. The summed E-state index contributed by atoms with van der Waals surface area (Å²) in [4.78, 5) is 12.2. The first-order chi connectivity index (χ1) is 13.0. The van der Waals surface area contributed by atoms with E-state index in [9.17, 15) is 4.79 Å². The third kappa shape index (κ3) is 3.60. The van der Waals surface area contributed by atoms with Crippen LogP contribution < -0.4 is 10.1 Å². The molecule has 0 unspecified atom stereocenters. The number of rotatable bonds is 4. The van der Waals surface area contributed by atoms with E-state index in [1.807, 2.05) is 13.0 Å². The Labute approximate surface area is 162 Å². The fraction of sp³-hybridized carbons (Fsp3) is 0.400. The summed E-state index contributed by atoms with van der Waals surface area (Å²) in [6.45, 7) is 1.84. The Morgan fingerprint density at radius 3 is 2.67 bits per heavy atom. The quantitative estimate of drug-likeness (QED) is 0.875. The van der Waals surface area contributed by atoms with Crippen LogP contribution >= 0.6 is 11.6 Å². The molecule has 0 bridgehead atoms. The van der Waals surface area contributed by atoms with E-state index in [0.29, 0.717) is 22.0 Å². The summed E-state index contributed by atoms with van der Waals surface area (Å²) in [6.07, 6.45) is 4.04. The lowest BCUT2D eigenvalue weighted by Crippen LogP contribution is -2.58. The first kappa shape index (κ1) is 17.7. The molecule has 1 amide bonds. The van der Waals surface area contributed by atoms with Gasteiger partial charge in [-0.05, 0) is 62.3 Å². The number of hydrogen-bond acceptors (Lipinski definition) is 5. The van der Waals surface area contributed by atoms with E-state index >= 15 is 0 Å². The fourth-order valence-electron chi connectivity index (χ4n) is 4.04. The summed E-state index contributed by atoms with van der Waals surface area (Å²) in [7, 11) is 0. The molecular formula is C20H19ClN4O2. The van der Waals surface area contributed by atoms with Crippen LogP contribution in [0.25, 0.3) is 0 Å². The Kier molecular flexibility index (Phi) is 4.48. The van der Waals surface area contributed by atoms with Crippen LogP contribution in [0.1, 0.15) is 47.4 Å². The summed E-state index contributed by atoms with van der Waals surface area (Å²) < 4.78 is 5.96. The topological polar surface area (TPSA) is 87.9 Å². The first-order valence-electron chi connectivity index (χ1n) is 8.94. The molecule has 2 aliphatic rings. The largest absolute Gasteiger partial charge is 0.490 e. The molecule has 1 aromatic heterocycles. The number of carbonyl (C=O) groups excluding carboxylic acids is 1. The van der Waals surface area contributed by atoms with E-state index in [-0.39, 0.29) is 23.5 Å². The van der Waals surface area contributed by atoms with E-state index in [1.54, 1.807) is 30.3 Å². The number of aromatic nitrogens is 2. The molecule has 1 aromatic carbocycles. The second-order valence-corrected chi connectivity index (χ2v) is 7.95. The lowest BCUT2D eigenvalue weighted by Gasteiger charge is -2.57. The van der Waals surface area contributed by atoms with Gasteiger partial charge in [-0.1, -0.05) is 11.6 Å². The molecule has 1 spiro atoms. The number of carbonyl (C=O) groups is 1. The van der Waals surface area contributed by atoms with Gasteiger partial charge < -0.3 is 10.1 Å². The SMILES string of the molecule is Cc1ccc(C(=O)NC2CC3(C2)CC(Oc2ccc(C#N)c(Cl)c2)C3)nn1. The zero-order chi connectivity index (χ0) is 19.0. The van der Waals surface area contributed by atoms with E-state index in [0.717, 1.165) is 31.4 Å². The summed E-state index contributed by atoms with van der Waals surface area (Å²) in [5, 5.41) is 20.2. The summed E-state index contributed by atoms with van der Waals surface area (Å²) in [5.41, 5.74) is 1.87. The average Bonchev–Trinajstić information content (AvgIpc) is 2.58. The number of nitriles is 1. The van der Waals surface area contributed by atoms with Crippen LogP contribution in [0.3, 0.4) is 0 Å². The van der Waals surface area contributed by atoms with Crippen molar-refractivity contribution in [3.63, 3.8) is 0 Å². The molecule has 138 valence electrons. The second kappa shape index (κ2) is 6.82. The standard InChI is InChI=1S/C20H19ClN4O2/c1-12-2-5-18(25-24-12)19(26)23-14-7-20(8-14)9-16(10-20)27-15-4-3-13(11-22)17(21)6-15/h2-6,14,16H,7-10H2,1H3,(H,23,26). The smallest absolute Gasteiger partial charge is 0.272 e. The van der Waals surface area contributed by atoms with Gasteiger partial charge in [0, 0.05) is 12.1 Å². The molecule has 0 aliphatic heterocycles. The third-order valence-corrected chi connectivity index (χ3v) is 5.72. The lowest BCUT2D eigenvalue weighted by molar-refractivity contribution is -0.0833. The Bertz CT molecular complexity index is 909. The molecule has 4 rings (SSSR count). The summed E-state index contributed by atoms with van der Waals surface area (Å²) in [6, 6.07) is 10.9. The zero-order valence-corrected chi connectivity index (χ0v) is 15.7. The van der Waals surface area contributed by atoms with Crippen LogP contribution in [0.2, 0.25) is 5.02 Å². The Morgan fingerprint density at radius 2 is 2.04 bits per heavy atom. The van der Waals surface area contributed by atoms with Gasteiger partial charge >= 0.3 is 0 Å². The van der Waals surface area contributed by atoms with E-state index < -0.39 is 0 Å². The molecule has 2 aromatic rings. The number of hydrogen-bond donors (Lipinski definition) is 1. The van der Waals surface area contributed by atoms with Gasteiger partial charge in [-0.3, -0.25) is 4.79 Å². The normalized spacial score (nSPS) is 25.8. The minimum Gasteiger partial charge on any atom is -0.490 e. The molecule has 0 atom stereocenters. The van der Waals surface area contributed by atoms with Crippen LogP contribution in [0.15, 0.2) is 30.3 Å². The van der Waals surface area contributed by atoms with Crippen molar-refractivity contribution in [2.45, 2.75) is 44.8 Å². The van der Waals surface area contributed by atoms with Crippen molar-refractivity contribution in [2.24, 2.45) is 5.41 Å². The number of aryl methyl sites for hydroxylation is 1. The number of benzene rings is 1. The van der Waals surface area contributed by atoms with Crippen molar-refractivity contribution >= 4 is 17.5 Å². The number of amides is 1. The Hall–Kier alpha value is -2.65. The Morgan fingerprint density at radius 1 is 1.26 bits per heavy atom. The summed E-state index contributed by atoms with van der Waals surface area (Å²) in [5.74, 6) is 0.530. The monoisotopic (exact) mass is 382 g/mol. The highest BCUT2D eigenvalue weighted by molar-refractivity contribution is 6.31.